The standard InChI is InChI=1S/C25H24N4O3S/c1-16-21-24(28-19-10-6-3-7-13-29(19)25(21)31)33-22(16)23(30)27-18-11-12-20(26-14-18)32-15-17-8-4-2-5-9-17/h2,4-5,8-9,11-12,14H,3,6-7,10,13,15H2,1H3,(H,27,30). The van der Waals surface area contributed by atoms with Gasteiger partial charge in [0.15, 0.2) is 0 Å². The van der Waals surface area contributed by atoms with Crippen LogP contribution in [-0.2, 0) is 19.6 Å². The number of ether oxygens (including phenoxy) is 1. The van der Waals surface area contributed by atoms with Gasteiger partial charge in [-0.1, -0.05) is 36.8 Å². The van der Waals surface area contributed by atoms with E-state index in [-0.39, 0.29) is 11.5 Å². The predicted octanol–water partition coefficient (Wildman–Crippen LogP) is 4.72. The Bertz CT molecular complexity index is 1360. The molecule has 0 radical (unpaired) electrons. The summed E-state index contributed by atoms with van der Waals surface area (Å²) in [6.45, 7) is 2.94. The van der Waals surface area contributed by atoms with Crippen molar-refractivity contribution in [1.29, 1.82) is 0 Å². The second kappa shape index (κ2) is 9.15. The third kappa shape index (κ3) is 4.39. The van der Waals surface area contributed by atoms with Gasteiger partial charge in [0.05, 0.1) is 22.1 Å². The first kappa shape index (κ1) is 21.3. The lowest BCUT2D eigenvalue weighted by Crippen LogP contribution is -2.24. The highest BCUT2D eigenvalue weighted by molar-refractivity contribution is 7.20. The molecular formula is C25H24N4O3S. The summed E-state index contributed by atoms with van der Waals surface area (Å²) in [5.41, 5.74) is 2.26. The number of fused-ring (bicyclic) bond motifs is 2. The van der Waals surface area contributed by atoms with Crippen LogP contribution in [0.1, 0.15) is 45.9 Å². The zero-order valence-electron chi connectivity index (χ0n) is 18.3. The maximum Gasteiger partial charge on any atom is 0.266 e. The lowest BCUT2D eigenvalue weighted by molar-refractivity contribution is 0.103. The van der Waals surface area contributed by atoms with Crippen molar-refractivity contribution in [3.05, 3.63) is 80.8 Å². The number of anilines is 1. The maximum absolute atomic E-state index is 13.1. The van der Waals surface area contributed by atoms with Gasteiger partial charge in [-0.25, -0.2) is 9.97 Å². The lowest BCUT2D eigenvalue weighted by atomic mass is 10.2. The quantitative estimate of drug-likeness (QED) is 0.466. The number of carbonyl (C=O) groups is 1. The third-order valence-electron chi connectivity index (χ3n) is 5.84. The number of nitrogens with one attached hydrogen (secondary N) is 1. The first-order valence-corrected chi connectivity index (χ1v) is 11.9. The Hall–Kier alpha value is -3.52. The Morgan fingerprint density at radius 2 is 2.00 bits per heavy atom. The van der Waals surface area contributed by atoms with E-state index in [1.54, 1.807) is 22.9 Å². The molecule has 8 heteroatoms. The van der Waals surface area contributed by atoms with E-state index in [0.29, 0.717) is 45.4 Å². The topological polar surface area (TPSA) is 86.1 Å². The van der Waals surface area contributed by atoms with Crippen molar-refractivity contribution >= 4 is 33.1 Å². The molecule has 7 nitrogen and oxygen atoms in total. The van der Waals surface area contributed by atoms with Gasteiger partial charge >= 0.3 is 0 Å². The minimum atomic E-state index is -0.269. The number of pyridine rings is 1. The van der Waals surface area contributed by atoms with E-state index in [9.17, 15) is 9.59 Å². The fraction of sp³-hybridized carbons (Fsp3) is 0.280. The van der Waals surface area contributed by atoms with Crippen LogP contribution < -0.4 is 15.6 Å². The molecule has 1 N–H and O–H groups in total. The fourth-order valence-electron chi connectivity index (χ4n) is 4.09. The van der Waals surface area contributed by atoms with Crippen molar-refractivity contribution in [2.45, 2.75) is 45.8 Å². The molecule has 0 bridgehead atoms. The summed E-state index contributed by atoms with van der Waals surface area (Å²) >= 11 is 1.27. The van der Waals surface area contributed by atoms with Crippen molar-refractivity contribution in [3.63, 3.8) is 0 Å². The molecule has 4 aromatic rings. The molecule has 168 valence electrons. The van der Waals surface area contributed by atoms with Gasteiger partial charge in [0.1, 0.15) is 17.3 Å². The monoisotopic (exact) mass is 460 g/mol. The van der Waals surface area contributed by atoms with E-state index >= 15 is 0 Å². The zero-order valence-corrected chi connectivity index (χ0v) is 19.2. The number of amides is 1. The number of benzene rings is 1. The zero-order chi connectivity index (χ0) is 22.8. The third-order valence-corrected chi connectivity index (χ3v) is 7.03. The maximum atomic E-state index is 13.1. The fourth-order valence-corrected chi connectivity index (χ4v) is 5.17. The number of aryl methyl sites for hydroxylation is 2. The Morgan fingerprint density at radius 1 is 1.15 bits per heavy atom. The SMILES string of the molecule is Cc1c(C(=O)Nc2ccc(OCc3ccccc3)nc2)sc2nc3n(c(=O)c12)CCCCC3. The van der Waals surface area contributed by atoms with Crippen LogP contribution in [-0.4, -0.2) is 20.4 Å². The van der Waals surface area contributed by atoms with Gasteiger partial charge in [0.2, 0.25) is 5.88 Å². The molecule has 0 saturated carbocycles. The van der Waals surface area contributed by atoms with Gasteiger partial charge in [-0.2, -0.15) is 0 Å². The number of hydrogen-bond donors (Lipinski definition) is 1. The first-order chi connectivity index (χ1) is 16.1. The van der Waals surface area contributed by atoms with Crippen LogP contribution in [0.3, 0.4) is 0 Å². The molecule has 0 atom stereocenters. The van der Waals surface area contributed by atoms with E-state index < -0.39 is 0 Å². The number of hydrogen-bond acceptors (Lipinski definition) is 6. The Labute approximate surface area is 195 Å². The van der Waals surface area contributed by atoms with Gasteiger partial charge in [-0.3, -0.25) is 14.2 Å². The van der Waals surface area contributed by atoms with Crippen LogP contribution in [0.4, 0.5) is 5.69 Å². The smallest absolute Gasteiger partial charge is 0.266 e. The summed E-state index contributed by atoms with van der Waals surface area (Å²) in [6, 6.07) is 13.3. The van der Waals surface area contributed by atoms with Gasteiger partial charge in [-0.05, 0) is 37.0 Å². The Balaban J connectivity index is 1.33. The second-order valence-corrected chi connectivity index (χ2v) is 9.14. The summed E-state index contributed by atoms with van der Waals surface area (Å²) in [5, 5.41) is 3.43. The van der Waals surface area contributed by atoms with Gasteiger partial charge in [-0.15, -0.1) is 11.3 Å². The van der Waals surface area contributed by atoms with Crippen LogP contribution in [0.15, 0.2) is 53.5 Å². The number of nitrogens with zero attached hydrogens (tertiary/aromatic N) is 3. The highest BCUT2D eigenvalue weighted by Crippen LogP contribution is 2.29. The van der Waals surface area contributed by atoms with Crippen LogP contribution >= 0.6 is 11.3 Å². The summed E-state index contributed by atoms with van der Waals surface area (Å²) in [5.74, 6) is 1.04. The van der Waals surface area contributed by atoms with Crippen LogP contribution in [0.2, 0.25) is 0 Å². The molecule has 5 rings (SSSR count). The molecule has 1 amide bonds. The molecule has 0 aliphatic carbocycles. The van der Waals surface area contributed by atoms with E-state index in [1.165, 1.54) is 11.3 Å². The first-order valence-electron chi connectivity index (χ1n) is 11.1. The van der Waals surface area contributed by atoms with Gasteiger partial charge in [0.25, 0.3) is 11.5 Å². The average molecular weight is 461 g/mol. The molecule has 1 aliphatic heterocycles. The highest BCUT2D eigenvalue weighted by atomic mass is 32.1. The largest absolute Gasteiger partial charge is 0.473 e. The summed E-state index contributed by atoms with van der Waals surface area (Å²) in [6.07, 6.45) is 5.49. The molecule has 0 unspecified atom stereocenters. The molecular weight excluding hydrogens is 436 g/mol. The highest BCUT2D eigenvalue weighted by Gasteiger charge is 2.22. The molecule has 0 fully saturated rings. The van der Waals surface area contributed by atoms with Gasteiger partial charge in [0, 0.05) is 19.0 Å². The van der Waals surface area contributed by atoms with E-state index in [4.69, 9.17) is 9.72 Å². The van der Waals surface area contributed by atoms with E-state index in [2.05, 4.69) is 10.3 Å². The van der Waals surface area contributed by atoms with Crippen molar-refractivity contribution in [2.24, 2.45) is 0 Å². The average Bonchev–Trinajstić information content (AvgIpc) is 3.00. The minimum Gasteiger partial charge on any atom is -0.473 e. The normalized spacial score (nSPS) is 13.4. The van der Waals surface area contributed by atoms with E-state index in [1.807, 2.05) is 37.3 Å². The number of rotatable bonds is 5. The molecule has 0 spiro atoms. The minimum absolute atomic E-state index is 0.0358. The number of carbonyl (C=O) groups excluding carboxylic acids is 1. The summed E-state index contributed by atoms with van der Waals surface area (Å²) < 4.78 is 7.49. The van der Waals surface area contributed by atoms with Crippen molar-refractivity contribution in [1.82, 2.24) is 14.5 Å². The van der Waals surface area contributed by atoms with Crippen molar-refractivity contribution in [3.8, 4) is 5.88 Å². The molecule has 4 heterocycles. The van der Waals surface area contributed by atoms with Crippen LogP contribution in [0, 0.1) is 6.92 Å². The summed E-state index contributed by atoms with van der Waals surface area (Å²) in [4.78, 5) is 36.3. The number of thiophene rings is 1. The Morgan fingerprint density at radius 3 is 2.79 bits per heavy atom. The van der Waals surface area contributed by atoms with E-state index in [0.717, 1.165) is 37.1 Å². The van der Waals surface area contributed by atoms with Crippen LogP contribution in [0.5, 0.6) is 5.88 Å². The van der Waals surface area contributed by atoms with Gasteiger partial charge < -0.3 is 10.1 Å². The summed E-state index contributed by atoms with van der Waals surface area (Å²) in [7, 11) is 0. The van der Waals surface area contributed by atoms with Crippen molar-refractivity contribution in [2.75, 3.05) is 5.32 Å². The molecule has 1 aromatic carbocycles. The number of aromatic nitrogens is 3. The molecule has 33 heavy (non-hydrogen) atoms. The molecule has 0 saturated heterocycles. The van der Waals surface area contributed by atoms with Crippen LogP contribution in [0.25, 0.3) is 10.2 Å². The lowest BCUT2D eigenvalue weighted by Gasteiger charge is -2.08. The van der Waals surface area contributed by atoms with Crippen molar-refractivity contribution < 1.29 is 9.53 Å². The predicted molar refractivity (Wildman–Crippen MR) is 129 cm³/mol. The molecule has 1 aliphatic rings. The Kier molecular flexibility index (Phi) is 5.92. The second-order valence-electron chi connectivity index (χ2n) is 8.15. The molecule has 3 aromatic heterocycles.